The zero-order valence-corrected chi connectivity index (χ0v) is 20.2. The van der Waals surface area contributed by atoms with Crippen LogP contribution in [0.3, 0.4) is 0 Å². The van der Waals surface area contributed by atoms with Gasteiger partial charge in [0.05, 0.1) is 18.7 Å². The molecule has 0 radical (unpaired) electrons. The van der Waals surface area contributed by atoms with Gasteiger partial charge >= 0.3 is 0 Å². The summed E-state index contributed by atoms with van der Waals surface area (Å²) < 4.78 is 38.9. The van der Waals surface area contributed by atoms with Gasteiger partial charge in [0.1, 0.15) is 0 Å². The van der Waals surface area contributed by atoms with Crippen molar-refractivity contribution >= 4 is 34.0 Å². The second-order valence-electron chi connectivity index (χ2n) is 8.74. The topological polar surface area (TPSA) is 83.2 Å². The zero-order chi connectivity index (χ0) is 26.4. The molecule has 1 N–H and O–H groups in total. The molecule has 0 aliphatic carbocycles. The van der Waals surface area contributed by atoms with E-state index in [0.29, 0.717) is 22.3 Å². The Kier molecular flexibility index (Phi) is 5.91. The van der Waals surface area contributed by atoms with Crippen LogP contribution in [0.2, 0.25) is 0 Å². The van der Waals surface area contributed by atoms with Crippen LogP contribution < -0.4 is 14.5 Å². The largest absolute Gasteiger partial charge is 0.503 e. The number of ether oxygens (including phenoxy) is 1. The van der Waals surface area contributed by atoms with E-state index in [1.807, 2.05) is 19.0 Å². The molecule has 1 amide bonds. The first-order valence-electron chi connectivity index (χ1n) is 11.3. The number of aliphatic hydroxyl groups is 1. The van der Waals surface area contributed by atoms with E-state index in [1.54, 1.807) is 42.5 Å². The number of hydrogen-bond acceptors (Lipinski definition) is 6. The number of halogens is 2. The minimum Gasteiger partial charge on any atom is -0.503 e. The van der Waals surface area contributed by atoms with E-state index in [1.165, 1.54) is 19.2 Å². The summed E-state index contributed by atoms with van der Waals surface area (Å²) in [6, 6.07) is 15.4. The van der Waals surface area contributed by atoms with Crippen molar-refractivity contribution in [2.45, 2.75) is 6.04 Å². The number of methoxy groups -OCH3 is 1. The predicted octanol–water partition coefficient (Wildman–Crippen LogP) is 5.57. The van der Waals surface area contributed by atoms with Crippen LogP contribution in [0, 0.1) is 11.6 Å². The maximum atomic E-state index is 14.2. The van der Waals surface area contributed by atoms with Crippen molar-refractivity contribution in [3.05, 3.63) is 101 Å². The standard InChI is InChI=1S/C28H22F2N2O5/c1-31(2)17-9-7-15(8-10-17)24-23(25(33)22-13-16-5-4-6-21(36-3)27(16)37-22)26(34)28(35)32(24)18-11-12-19(29)20(30)14-18/h4-14,24,34H,1-3H3. The summed E-state index contributed by atoms with van der Waals surface area (Å²) in [4.78, 5) is 30.0. The molecule has 1 unspecified atom stereocenters. The lowest BCUT2D eigenvalue weighted by Crippen LogP contribution is -2.31. The molecule has 3 aromatic carbocycles. The van der Waals surface area contributed by atoms with Crippen LogP contribution >= 0.6 is 0 Å². The lowest BCUT2D eigenvalue weighted by atomic mass is 9.94. The molecule has 9 heteroatoms. The number of ketones is 1. The Bertz CT molecular complexity index is 1570. The van der Waals surface area contributed by atoms with Crippen LogP contribution in [0.4, 0.5) is 20.2 Å². The Hall–Kier alpha value is -4.66. The second-order valence-corrected chi connectivity index (χ2v) is 8.74. The third-order valence-corrected chi connectivity index (χ3v) is 6.31. The lowest BCUT2D eigenvalue weighted by Gasteiger charge is -2.27. The third kappa shape index (κ3) is 3.98. The zero-order valence-electron chi connectivity index (χ0n) is 20.2. The monoisotopic (exact) mass is 504 g/mol. The molecule has 1 atom stereocenters. The first kappa shape index (κ1) is 24.1. The Balaban J connectivity index is 1.66. The second kappa shape index (κ2) is 9.09. The summed E-state index contributed by atoms with van der Waals surface area (Å²) in [5.74, 6) is -4.42. The van der Waals surface area contributed by atoms with Crippen molar-refractivity contribution in [3.8, 4) is 5.75 Å². The van der Waals surface area contributed by atoms with Crippen molar-refractivity contribution in [3.63, 3.8) is 0 Å². The van der Waals surface area contributed by atoms with Gasteiger partial charge in [0, 0.05) is 36.9 Å². The van der Waals surface area contributed by atoms with E-state index in [-0.39, 0.29) is 17.0 Å². The molecule has 1 aromatic heterocycles. The van der Waals surface area contributed by atoms with Crippen LogP contribution in [-0.4, -0.2) is 38.0 Å². The fourth-order valence-corrected chi connectivity index (χ4v) is 4.45. The molecule has 0 saturated heterocycles. The highest BCUT2D eigenvalue weighted by Crippen LogP contribution is 2.43. The molecule has 2 heterocycles. The minimum absolute atomic E-state index is 0.0220. The molecular formula is C28H22F2N2O5. The van der Waals surface area contributed by atoms with Gasteiger partial charge in [-0.15, -0.1) is 0 Å². The quantitative estimate of drug-likeness (QED) is 0.346. The number of fused-ring (bicyclic) bond motifs is 1. The molecule has 0 saturated carbocycles. The number of anilines is 2. The molecular weight excluding hydrogens is 482 g/mol. The molecule has 188 valence electrons. The van der Waals surface area contributed by atoms with E-state index in [2.05, 4.69) is 0 Å². The SMILES string of the molecule is COc1cccc2cc(C(=O)C3=C(O)C(=O)N(c4ccc(F)c(F)c4)C3c3ccc(N(C)C)cc3)oc12. The van der Waals surface area contributed by atoms with Gasteiger partial charge in [0.2, 0.25) is 5.78 Å². The number of carbonyl (C=O) groups is 2. The van der Waals surface area contributed by atoms with Crippen LogP contribution in [0.1, 0.15) is 22.2 Å². The van der Waals surface area contributed by atoms with Crippen molar-refractivity contribution in [1.82, 2.24) is 0 Å². The normalized spacial score (nSPS) is 15.5. The summed E-state index contributed by atoms with van der Waals surface area (Å²) in [7, 11) is 5.19. The van der Waals surface area contributed by atoms with Crippen LogP contribution in [-0.2, 0) is 4.79 Å². The fraction of sp³-hybridized carbons (Fsp3) is 0.143. The van der Waals surface area contributed by atoms with Gasteiger partial charge in [0.15, 0.2) is 34.5 Å². The van der Waals surface area contributed by atoms with E-state index >= 15 is 0 Å². The maximum absolute atomic E-state index is 14.2. The van der Waals surface area contributed by atoms with Gasteiger partial charge in [0.25, 0.3) is 5.91 Å². The molecule has 0 spiro atoms. The molecule has 37 heavy (non-hydrogen) atoms. The van der Waals surface area contributed by atoms with Crippen molar-refractivity contribution in [1.29, 1.82) is 0 Å². The smallest absolute Gasteiger partial charge is 0.294 e. The van der Waals surface area contributed by atoms with Crippen molar-refractivity contribution < 1.29 is 32.6 Å². The number of rotatable bonds is 6. The van der Waals surface area contributed by atoms with Gasteiger partial charge in [-0.1, -0.05) is 24.3 Å². The number of benzene rings is 3. The van der Waals surface area contributed by atoms with Crippen LogP contribution in [0.5, 0.6) is 5.75 Å². The average molecular weight is 504 g/mol. The average Bonchev–Trinajstić information content (AvgIpc) is 3.44. The number of aliphatic hydroxyl groups excluding tert-OH is 1. The summed E-state index contributed by atoms with van der Waals surface area (Å²) >= 11 is 0. The highest BCUT2D eigenvalue weighted by molar-refractivity contribution is 6.20. The molecule has 1 aliphatic heterocycles. The molecule has 5 rings (SSSR count). The Morgan fingerprint density at radius 2 is 1.76 bits per heavy atom. The molecule has 0 bridgehead atoms. The van der Waals surface area contributed by atoms with E-state index in [4.69, 9.17) is 9.15 Å². The van der Waals surface area contributed by atoms with Gasteiger partial charge in [-0.25, -0.2) is 8.78 Å². The lowest BCUT2D eigenvalue weighted by molar-refractivity contribution is -0.117. The van der Waals surface area contributed by atoms with E-state index in [9.17, 15) is 23.5 Å². The molecule has 7 nitrogen and oxygen atoms in total. The number of carbonyl (C=O) groups excluding carboxylic acids is 2. The Morgan fingerprint density at radius 3 is 2.41 bits per heavy atom. The number of amides is 1. The Morgan fingerprint density at radius 1 is 1.03 bits per heavy atom. The van der Waals surface area contributed by atoms with E-state index < -0.39 is 35.1 Å². The van der Waals surface area contributed by atoms with Gasteiger partial charge in [-0.2, -0.15) is 0 Å². The molecule has 1 aliphatic rings. The van der Waals surface area contributed by atoms with Gasteiger partial charge in [-0.05, 0) is 42.0 Å². The molecule has 4 aromatic rings. The highest BCUT2D eigenvalue weighted by Gasteiger charge is 2.45. The van der Waals surface area contributed by atoms with Crippen LogP contribution in [0.15, 0.2) is 82.5 Å². The summed E-state index contributed by atoms with van der Waals surface area (Å²) in [5, 5.41) is 11.5. The summed E-state index contributed by atoms with van der Waals surface area (Å²) in [5.41, 5.74) is 1.40. The van der Waals surface area contributed by atoms with E-state index in [0.717, 1.165) is 22.7 Å². The third-order valence-electron chi connectivity index (χ3n) is 6.31. The first-order valence-corrected chi connectivity index (χ1v) is 11.3. The number of nitrogens with zero attached hydrogens (tertiary/aromatic N) is 2. The first-order chi connectivity index (χ1) is 17.7. The van der Waals surface area contributed by atoms with Crippen molar-refractivity contribution in [2.75, 3.05) is 31.0 Å². The van der Waals surface area contributed by atoms with Crippen LogP contribution in [0.25, 0.3) is 11.0 Å². The predicted molar refractivity (Wildman–Crippen MR) is 134 cm³/mol. The summed E-state index contributed by atoms with van der Waals surface area (Å²) in [6.45, 7) is 0. The number of Topliss-reactive ketones (excluding diaryl/α,β-unsaturated/α-hetero) is 1. The number of furan rings is 1. The molecule has 0 fully saturated rings. The fourth-order valence-electron chi connectivity index (χ4n) is 4.45. The summed E-state index contributed by atoms with van der Waals surface area (Å²) in [6.07, 6.45) is 0. The highest BCUT2D eigenvalue weighted by atomic mass is 19.2. The number of para-hydroxylation sites is 1. The minimum atomic E-state index is -1.17. The van der Waals surface area contributed by atoms with Crippen molar-refractivity contribution in [2.24, 2.45) is 0 Å². The van der Waals surface area contributed by atoms with Gasteiger partial charge < -0.3 is 19.2 Å². The Labute approximate surface area is 210 Å². The number of hydrogen-bond donors (Lipinski definition) is 1. The maximum Gasteiger partial charge on any atom is 0.294 e. The van der Waals surface area contributed by atoms with Gasteiger partial charge in [-0.3, -0.25) is 14.5 Å².